The quantitative estimate of drug-likeness (QED) is 0.263. The lowest BCUT2D eigenvalue weighted by atomic mass is 9.80. The minimum absolute atomic E-state index is 0.0614. The molecule has 8 nitrogen and oxygen atoms in total. The zero-order valence-corrected chi connectivity index (χ0v) is 21.6. The van der Waals surface area contributed by atoms with E-state index in [2.05, 4.69) is 27.4 Å². The van der Waals surface area contributed by atoms with Crippen molar-refractivity contribution in [2.45, 2.75) is 121 Å². The monoisotopic (exact) mass is 474 g/mol. The number of aliphatic hydroxyl groups is 2. The summed E-state index contributed by atoms with van der Waals surface area (Å²) < 4.78 is 12.7. The van der Waals surface area contributed by atoms with Crippen LogP contribution in [0, 0.1) is 0 Å². The summed E-state index contributed by atoms with van der Waals surface area (Å²) in [6.45, 7) is 17.7. The first-order valence-electron chi connectivity index (χ1n) is 11.1. The summed E-state index contributed by atoms with van der Waals surface area (Å²) in [5.74, 6) is -1.93. The number of hydrogen-bond donors (Lipinski definition) is 4. The van der Waals surface area contributed by atoms with Crippen LogP contribution in [0.5, 0.6) is 0 Å². The maximum Gasteiger partial charge on any atom is 0.306 e. The fraction of sp³-hybridized carbons (Fsp3) is 0.826. The predicted molar refractivity (Wildman–Crippen MR) is 124 cm³/mol. The molecule has 0 saturated carbocycles. The van der Waals surface area contributed by atoms with Gasteiger partial charge in [-0.2, -0.15) is 0 Å². The second-order valence-electron chi connectivity index (χ2n) is 11.2. The van der Waals surface area contributed by atoms with E-state index in [1.54, 1.807) is 13.8 Å². The lowest BCUT2D eigenvalue weighted by molar-refractivity contribution is -0.229. The van der Waals surface area contributed by atoms with Crippen molar-refractivity contribution in [2.75, 3.05) is 0 Å². The summed E-state index contributed by atoms with van der Waals surface area (Å²) in [5, 5.41) is 39.6. The highest BCUT2D eigenvalue weighted by atomic mass is 28.4. The van der Waals surface area contributed by atoms with Crippen LogP contribution in [0.15, 0.2) is 12.2 Å². The van der Waals surface area contributed by atoms with Crippen LogP contribution in [-0.2, 0) is 18.8 Å². The van der Waals surface area contributed by atoms with Crippen molar-refractivity contribution in [3.8, 4) is 0 Å². The molecule has 9 heteroatoms. The highest BCUT2D eigenvalue weighted by Crippen LogP contribution is 2.43. The minimum Gasteiger partial charge on any atom is -0.481 e. The van der Waals surface area contributed by atoms with Crippen LogP contribution >= 0.6 is 0 Å². The number of carboxylic acids is 2. The Hall–Kier alpha value is -1.26. The molecule has 0 spiro atoms. The van der Waals surface area contributed by atoms with Gasteiger partial charge in [0.1, 0.15) is 0 Å². The molecule has 4 N–H and O–H groups in total. The van der Waals surface area contributed by atoms with E-state index in [4.69, 9.17) is 14.3 Å². The van der Waals surface area contributed by atoms with E-state index in [0.717, 1.165) is 0 Å². The minimum atomic E-state index is -2.33. The number of hydrogen-bond acceptors (Lipinski definition) is 6. The zero-order chi connectivity index (χ0) is 25.1. The summed E-state index contributed by atoms with van der Waals surface area (Å²) in [6.07, 6.45) is -2.28. The predicted octanol–water partition coefficient (Wildman–Crippen LogP) is 3.71. The third kappa shape index (κ3) is 7.95. The molecule has 0 aromatic carbocycles. The van der Waals surface area contributed by atoms with Crippen molar-refractivity contribution < 1.29 is 39.2 Å². The van der Waals surface area contributed by atoms with Gasteiger partial charge in [-0.15, -0.1) is 0 Å². The Morgan fingerprint density at radius 1 is 1.12 bits per heavy atom. The van der Waals surface area contributed by atoms with E-state index in [-0.39, 0.29) is 43.6 Å². The fourth-order valence-corrected chi connectivity index (χ4v) is 5.70. The molecule has 0 aromatic heterocycles. The average molecular weight is 475 g/mol. The molecule has 0 aliphatic carbocycles. The second-order valence-corrected chi connectivity index (χ2v) is 15.9. The first kappa shape index (κ1) is 28.8. The normalized spacial score (nSPS) is 28.7. The van der Waals surface area contributed by atoms with Crippen LogP contribution in [0.3, 0.4) is 0 Å². The largest absolute Gasteiger partial charge is 0.481 e. The Labute approximate surface area is 192 Å². The molecule has 1 aliphatic rings. The first-order valence-corrected chi connectivity index (χ1v) is 14.1. The van der Waals surface area contributed by atoms with Crippen LogP contribution in [0.4, 0.5) is 0 Å². The summed E-state index contributed by atoms with van der Waals surface area (Å²) in [5.41, 5.74) is -1.50. The van der Waals surface area contributed by atoms with Crippen LogP contribution in [-0.4, -0.2) is 70.2 Å². The summed E-state index contributed by atoms with van der Waals surface area (Å²) in [6, 6.07) is 0. The summed E-state index contributed by atoms with van der Waals surface area (Å²) in [7, 11) is -2.33. The molecule has 1 unspecified atom stereocenters. The first-order chi connectivity index (χ1) is 14.3. The number of ether oxygens (including phenoxy) is 1. The molecule has 1 aliphatic heterocycles. The molecule has 0 bridgehead atoms. The Morgan fingerprint density at radius 3 is 2.16 bits per heavy atom. The Balaban J connectivity index is 3.09. The van der Waals surface area contributed by atoms with Crippen LogP contribution in [0.2, 0.25) is 18.1 Å². The molecule has 0 radical (unpaired) electrons. The van der Waals surface area contributed by atoms with Gasteiger partial charge in [0.15, 0.2) is 8.32 Å². The zero-order valence-electron chi connectivity index (χ0n) is 20.6. The molecule has 0 aromatic rings. The van der Waals surface area contributed by atoms with Crippen molar-refractivity contribution in [3.63, 3.8) is 0 Å². The highest BCUT2D eigenvalue weighted by molar-refractivity contribution is 6.74. The molecule has 0 amide bonds. The number of rotatable bonds is 11. The SMILES string of the molecule is C=C(CCC(=O)O)C[C@@]1(C)O[C@@H](CC(C)(CC(=O)O)O[Si](C)(C)C(C)(C)C)[C@H](O)C[C@@H]1O. The van der Waals surface area contributed by atoms with Crippen LogP contribution in [0.25, 0.3) is 0 Å². The van der Waals surface area contributed by atoms with Gasteiger partial charge in [-0.25, -0.2) is 0 Å². The molecule has 1 heterocycles. The van der Waals surface area contributed by atoms with Crippen molar-refractivity contribution >= 4 is 20.3 Å². The van der Waals surface area contributed by atoms with E-state index in [0.29, 0.717) is 5.57 Å². The average Bonchev–Trinajstić information content (AvgIpc) is 2.55. The Bertz CT molecular complexity index is 701. The van der Waals surface area contributed by atoms with E-state index in [1.807, 2.05) is 13.1 Å². The molecule has 186 valence electrons. The molecular weight excluding hydrogens is 432 g/mol. The molecule has 1 rings (SSSR count). The van der Waals surface area contributed by atoms with Gasteiger partial charge in [-0.3, -0.25) is 9.59 Å². The third-order valence-corrected chi connectivity index (χ3v) is 11.4. The number of carbonyl (C=O) groups is 2. The van der Waals surface area contributed by atoms with Gasteiger partial charge in [0, 0.05) is 19.3 Å². The highest BCUT2D eigenvalue weighted by Gasteiger charge is 2.49. The van der Waals surface area contributed by atoms with Crippen LogP contribution in [0.1, 0.15) is 73.1 Å². The number of aliphatic hydroxyl groups excluding tert-OH is 2. The summed E-state index contributed by atoms with van der Waals surface area (Å²) in [4.78, 5) is 22.5. The molecule has 5 atom stereocenters. The lowest BCUT2D eigenvalue weighted by Crippen LogP contribution is -2.58. The smallest absolute Gasteiger partial charge is 0.306 e. The van der Waals surface area contributed by atoms with Gasteiger partial charge in [0.05, 0.1) is 35.9 Å². The van der Waals surface area contributed by atoms with Crippen molar-refractivity contribution in [1.29, 1.82) is 0 Å². The fourth-order valence-electron chi connectivity index (χ4n) is 4.00. The number of aliphatic carboxylic acids is 2. The van der Waals surface area contributed by atoms with Gasteiger partial charge < -0.3 is 29.6 Å². The topological polar surface area (TPSA) is 134 Å². The maximum absolute atomic E-state index is 11.7. The van der Waals surface area contributed by atoms with Crippen molar-refractivity contribution in [1.82, 2.24) is 0 Å². The Kier molecular flexibility index (Phi) is 9.29. The van der Waals surface area contributed by atoms with Crippen molar-refractivity contribution in [3.05, 3.63) is 12.2 Å². The maximum atomic E-state index is 11.7. The van der Waals surface area contributed by atoms with Gasteiger partial charge in [-0.05, 0) is 44.8 Å². The number of carboxylic acid groups (broad SMARTS) is 2. The molecule has 1 saturated heterocycles. The van der Waals surface area contributed by atoms with Crippen molar-refractivity contribution in [2.24, 2.45) is 0 Å². The second kappa shape index (κ2) is 10.3. The Morgan fingerprint density at radius 2 is 1.69 bits per heavy atom. The molecular formula is C23H42O8Si. The van der Waals surface area contributed by atoms with E-state index in [1.165, 1.54) is 0 Å². The van der Waals surface area contributed by atoms with E-state index < -0.39 is 49.8 Å². The molecule has 32 heavy (non-hydrogen) atoms. The standard InChI is InChI=1S/C23H42O8Si/c1-15(9-10-19(26)27)12-23(6)18(25)11-16(24)17(30-23)13-22(5,14-20(28)29)31-32(7,8)21(2,3)4/h16-18,24-25H,1,9-14H2,2-8H3,(H,26,27)(H,28,29)/t16-,17+,18+,22?,23-/m1/s1. The van der Waals surface area contributed by atoms with Gasteiger partial charge in [0.2, 0.25) is 0 Å². The van der Waals surface area contributed by atoms with Gasteiger partial charge in [0.25, 0.3) is 0 Å². The van der Waals surface area contributed by atoms with E-state index >= 15 is 0 Å². The van der Waals surface area contributed by atoms with Crippen LogP contribution < -0.4 is 0 Å². The van der Waals surface area contributed by atoms with Gasteiger partial charge in [-0.1, -0.05) is 32.9 Å². The van der Waals surface area contributed by atoms with Gasteiger partial charge >= 0.3 is 11.9 Å². The summed E-state index contributed by atoms with van der Waals surface area (Å²) >= 11 is 0. The lowest BCUT2D eigenvalue weighted by Gasteiger charge is -2.49. The molecule has 1 fully saturated rings. The van der Waals surface area contributed by atoms with E-state index in [9.17, 15) is 24.9 Å². The third-order valence-electron chi connectivity index (χ3n) is 6.78.